The minimum atomic E-state index is 0.275. The molecule has 466 valence electrons. The molecule has 13 aromatic rings. The van der Waals surface area contributed by atoms with Crippen molar-refractivity contribution in [3.63, 3.8) is 0 Å². The molecule has 3 aliphatic heterocycles. The number of nitrogens with one attached hydrogen (secondary N) is 3. The molecule has 4 unspecified atom stereocenters. The van der Waals surface area contributed by atoms with Gasteiger partial charge in [-0.1, -0.05) is 213 Å². The molecule has 9 aromatic carbocycles. The Morgan fingerprint density at radius 2 is 0.750 bits per heavy atom. The van der Waals surface area contributed by atoms with E-state index in [2.05, 4.69) is 310 Å². The Kier molecular flexibility index (Phi) is 20.0. The van der Waals surface area contributed by atoms with E-state index >= 15 is 0 Å². The maximum absolute atomic E-state index is 6.11. The second-order valence-electron chi connectivity index (χ2n) is 25.3. The van der Waals surface area contributed by atoms with E-state index in [-0.39, 0.29) is 12.1 Å². The number of piperidine rings is 1. The monoisotopic (exact) mass is 1210 g/mol. The fraction of sp³-hybridized carbons (Fsp3) is 0.253. The maximum Gasteiger partial charge on any atom is 0.120 e. The van der Waals surface area contributed by atoms with E-state index in [0.717, 1.165) is 24.4 Å². The highest BCUT2D eigenvalue weighted by atomic mass is 16.5. The van der Waals surface area contributed by atoms with Crippen LogP contribution in [0.2, 0.25) is 0 Å². The topological polar surface area (TPSA) is 74.5 Å². The van der Waals surface area contributed by atoms with Crippen LogP contribution in [0.3, 0.4) is 0 Å². The smallest absolute Gasteiger partial charge is 0.120 e. The number of aromatic amines is 3. The second-order valence-corrected chi connectivity index (χ2v) is 25.3. The third-order valence-corrected chi connectivity index (χ3v) is 19.0. The normalized spacial score (nSPS) is 15.9. The molecular weight excluding hydrogens is 1120 g/mol. The summed E-state index contributed by atoms with van der Waals surface area (Å²) in [4.78, 5) is 20.4. The molecule has 4 atom stereocenters. The lowest BCUT2D eigenvalue weighted by Gasteiger charge is -2.35. The zero-order valence-electron chi connectivity index (χ0n) is 53.8. The summed E-state index contributed by atoms with van der Waals surface area (Å²) in [5, 5.41) is 5.27. The van der Waals surface area contributed by atoms with Gasteiger partial charge in [-0.25, -0.2) is 0 Å². The molecule has 3 saturated heterocycles. The third kappa shape index (κ3) is 14.1. The second kappa shape index (κ2) is 29.8. The minimum Gasteiger partial charge on any atom is -0.489 e. The van der Waals surface area contributed by atoms with Crippen molar-refractivity contribution in [3.05, 3.63) is 318 Å². The number of fused-ring (bicyclic) bond motifs is 4. The summed E-state index contributed by atoms with van der Waals surface area (Å²) in [6.07, 6.45) is 18.0. The van der Waals surface area contributed by atoms with Crippen LogP contribution in [0.4, 0.5) is 0 Å². The maximum atomic E-state index is 6.11. The van der Waals surface area contributed by atoms with Crippen LogP contribution in [-0.2, 0) is 13.7 Å². The number of aryl methyl sites for hydroxylation is 1. The Bertz CT molecular complexity index is 4360. The molecule has 0 aliphatic carbocycles. The third-order valence-electron chi connectivity index (χ3n) is 19.0. The summed E-state index contributed by atoms with van der Waals surface area (Å²) in [7, 11) is 6.41. The van der Waals surface area contributed by atoms with Crippen molar-refractivity contribution in [2.45, 2.75) is 75.7 Å². The average Bonchev–Trinajstić information content (AvgIpc) is 1.70. The predicted octanol–water partition coefficient (Wildman–Crippen LogP) is 18.9. The summed E-state index contributed by atoms with van der Waals surface area (Å²) < 4.78 is 8.38. The summed E-state index contributed by atoms with van der Waals surface area (Å²) in [6.45, 7) is 7.66. The molecule has 3 N–H and O–H groups in total. The number of para-hydroxylation sites is 3. The quantitative estimate of drug-likeness (QED) is 0.0954. The Morgan fingerprint density at radius 1 is 0.370 bits per heavy atom. The molecule has 0 radical (unpaired) electrons. The first kappa shape index (κ1) is 61.6. The number of benzene rings is 9. The lowest BCUT2D eigenvalue weighted by Crippen LogP contribution is -2.34. The summed E-state index contributed by atoms with van der Waals surface area (Å²) in [5.41, 5.74) is 17.1. The van der Waals surface area contributed by atoms with Crippen molar-refractivity contribution >= 4 is 43.6 Å². The van der Waals surface area contributed by atoms with Crippen LogP contribution in [0, 0.1) is 0 Å². The SMILES string of the molecule is CN(C)C(c1ccccc1)c1c[nH]c2ccccc12.Cn1cc(C(c2ccccc2)N2CCCCC2)c2ccccc21.c1ccc(C(c2c[nH]c3ccccc23)N2CCCC2)cc1.c1ccc(COc2ccc3[nH]cc(C(c4ccccc4)N4CCCC4)c3c2)cc1. The van der Waals surface area contributed by atoms with Crippen LogP contribution >= 0.6 is 0 Å². The van der Waals surface area contributed by atoms with Gasteiger partial charge in [0.2, 0.25) is 0 Å². The molecule has 92 heavy (non-hydrogen) atoms. The van der Waals surface area contributed by atoms with E-state index in [0.29, 0.717) is 18.7 Å². The van der Waals surface area contributed by atoms with Gasteiger partial charge in [0, 0.05) is 75.4 Å². The standard InChI is InChI=1S/C26H26N2O.C21H24N2.C19H20N2.C17H18N2/c1-3-9-20(10-4-1)19-29-22-13-14-25-23(17-22)24(18-27-25)26(28-15-7-8-16-28)21-11-5-2-6-12-21;1-22-16-19(18-12-6-7-13-20(18)22)21(17-10-4-2-5-11-17)23-14-8-3-9-15-23;1-2-8-15(9-3-1)19(21-12-6-7-13-21)17-14-20-18-11-5-4-10-16(17)18;1-19(2)17(13-8-4-3-5-9-13)15-12-18-16-11-7-6-10-14(15)16/h1-6,9-14,17-18,26-27H,7-8,15-16,19H2;2,4-7,10-13,16,21H,3,8-9,14-15H2,1H3;1-5,8-11,14,19-20H,6-7,12-13H2;3-12,17-18H,1-2H3. The van der Waals surface area contributed by atoms with Gasteiger partial charge >= 0.3 is 0 Å². The van der Waals surface area contributed by atoms with Crippen LogP contribution in [0.15, 0.2) is 267 Å². The van der Waals surface area contributed by atoms with Crippen molar-refractivity contribution < 1.29 is 4.74 Å². The number of H-pyrrole nitrogens is 3. The number of ether oxygens (including phenoxy) is 1. The molecule has 7 heterocycles. The average molecular weight is 1210 g/mol. The van der Waals surface area contributed by atoms with Crippen molar-refractivity contribution in [1.29, 1.82) is 0 Å². The molecule has 16 rings (SSSR count). The van der Waals surface area contributed by atoms with Crippen LogP contribution in [0.25, 0.3) is 43.6 Å². The molecule has 9 heteroatoms. The van der Waals surface area contributed by atoms with Crippen molar-refractivity contribution in [3.8, 4) is 5.75 Å². The van der Waals surface area contributed by atoms with Gasteiger partial charge in [-0.15, -0.1) is 0 Å². The first-order valence-electron chi connectivity index (χ1n) is 33.5. The van der Waals surface area contributed by atoms with Gasteiger partial charge in [-0.05, 0) is 178 Å². The summed E-state index contributed by atoms with van der Waals surface area (Å²) >= 11 is 0. The number of nitrogens with zero attached hydrogens (tertiary/aromatic N) is 5. The largest absolute Gasteiger partial charge is 0.489 e. The molecule has 0 bridgehead atoms. The van der Waals surface area contributed by atoms with Gasteiger partial charge in [0.05, 0.1) is 24.2 Å². The number of likely N-dealkylation sites (tertiary alicyclic amines) is 3. The molecule has 0 amide bonds. The van der Waals surface area contributed by atoms with Crippen LogP contribution in [0.5, 0.6) is 5.75 Å². The highest BCUT2D eigenvalue weighted by Gasteiger charge is 2.30. The van der Waals surface area contributed by atoms with Gasteiger partial charge in [-0.3, -0.25) is 19.6 Å². The molecule has 3 aliphatic rings. The van der Waals surface area contributed by atoms with E-state index in [9.17, 15) is 0 Å². The molecular formula is C83H88N8O. The lowest BCUT2D eigenvalue weighted by molar-refractivity contribution is 0.188. The van der Waals surface area contributed by atoms with Gasteiger partial charge in [0.25, 0.3) is 0 Å². The van der Waals surface area contributed by atoms with E-state index in [1.807, 2.05) is 18.2 Å². The Hall–Kier alpha value is -9.22. The van der Waals surface area contributed by atoms with E-state index < -0.39 is 0 Å². The van der Waals surface area contributed by atoms with E-state index in [4.69, 9.17) is 4.74 Å². The highest BCUT2D eigenvalue weighted by Crippen LogP contribution is 2.40. The van der Waals surface area contributed by atoms with Crippen LogP contribution in [0.1, 0.15) is 119 Å². The first-order chi connectivity index (χ1) is 45.4. The van der Waals surface area contributed by atoms with Gasteiger partial charge in [-0.2, -0.15) is 0 Å². The highest BCUT2D eigenvalue weighted by molar-refractivity contribution is 5.87. The zero-order valence-corrected chi connectivity index (χ0v) is 53.8. The predicted molar refractivity (Wildman–Crippen MR) is 382 cm³/mol. The van der Waals surface area contributed by atoms with Gasteiger partial charge < -0.3 is 24.3 Å². The number of hydrogen-bond donors (Lipinski definition) is 3. The summed E-state index contributed by atoms with van der Waals surface area (Å²) in [6, 6.07) is 87.2. The minimum absolute atomic E-state index is 0.275. The summed E-state index contributed by atoms with van der Waals surface area (Å²) in [5.74, 6) is 0.912. The molecule has 9 nitrogen and oxygen atoms in total. The molecule has 4 aromatic heterocycles. The molecule has 0 spiro atoms. The Balaban J connectivity index is 0.000000113. The fourth-order valence-corrected chi connectivity index (χ4v) is 14.6. The van der Waals surface area contributed by atoms with Gasteiger partial charge in [0.15, 0.2) is 0 Å². The number of aromatic nitrogens is 4. The molecule has 0 saturated carbocycles. The fourth-order valence-electron chi connectivity index (χ4n) is 14.6. The van der Waals surface area contributed by atoms with E-state index in [1.54, 1.807) is 0 Å². The number of rotatable bonds is 15. The number of hydrogen-bond acceptors (Lipinski definition) is 5. The van der Waals surface area contributed by atoms with Gasteiger partial charge in [0.1, 0.15) is 12.4 Å². The molecule has 3 fully saturated rings. The van der Waals surface area contributed by atoms with Crippen molar-refractivity contribution in [2.75, 3.05) is 53.4 Å². The van der Waals surface area contributed by atoms with Crippen molar-refractivity contribution in [1.82, 2.24) is 39.1 Å². The first-order valence-corrected chi connectivity index (χ1v) is 33.5. The Labute approximate surface area is 543 Å². The van der Waals surface area contributed by atoms with Crippen molar-refractivity contribution in [2.24, 2.45) is 7.05 Å². The van der Waals surface area contributed by atoms with Crippen LogP contribution < -0.4 is 4.74 Å². The van der Waals surface area contributed by atoms with Crippen LogP contribution in [-0.4, -0.2) is 92.5 Å². The Morgan fingerprint density at radius 3 is 1.25 bits per heavy atom. The van der Waals surface area contributed by atoms with E-state index in [1.165, 1.54) is 159 Å². The lowest BCUT2D eigenvalue weighted by atomic mass is 9.94. The zero-order chi connectivity index (χ0) is 62.4.